The molecular weight excluding hydrogens is 340 g/mol. The molecule has 0 aliphatic heterocycles. The van der Waals surface area contributed by atoms with Crippen molar-refractivity contribution in [3.05, 3.63) is 71.5 Å². The van der Waals surface area contributed by atoms with Crippen molar-refractivity contribution in [1.29, 1.82) is 0 Å². The van der Waals surface area contributed by atoms with E-state index in [-0.39, 0.29) is 18.4 Å². The Balaban J connectivity index is 1.60. The lowest BCUT2D eigenvalue weighted by Gasteiger charge is -2.09. The zero-order valence-electron chi connectivity index (χ0n) is 15.6. The van der Waals surface area contributed by atoms with Crippen molar-refractivity contribution < 1.29 is 9.59 Å². The molecule has 138 valence electrons. The number of aryl methyl sites for hydroxylation is 3. The minimum atomic E-state index is -0.288. The highest BCUT2D eigenvalue weighted by molar-refractivity contribution is 5.99. The molecule has 0 radical (unpaired) electrons. The summed E-state index contributed by atoms with van der Waals surface area (Å²) in [6.07, 6.45) is 3.59. The Bertz CT molecular complexity index is 991. The van der Waals surface area contributed by atoms with Gasteiger partial charge in [0.25, 0.3) is 5.91 Å². The summed E-state index contributed by atoms with van der Waals surface area (Å²) in [7, 11) is 1.91. The number of hydrogen-bond donors (Lipinski definition) is 2. The first kappa shape index (κ1) is 18.4. The highest BCUT2D eigenvalue weighted by Gasteiger charge is 2.10. The van der Waals surface area contributed by atoms with E-state index >= 15 is 0 Å². The Morgan fingerprint density at radius 3 is 2.59 bits per heavy atom. The first-order valence-corrected chi connectivity index (χ1v) is 8.67. The lowest BCUT2D eigenvalue weighted by atomic mass is 10.1. The van der Waals surface area contributed by atoms with Crippen molar-refractivity contribution in [3.8, 4) is 11.4 Å². The van der Waals surface area contributed by atoms with E-state index < -0.39 is 0 Å². The summed E-state index contributed by atoms with van der Waals surface area (Å²) in [5, 5.41) is 5.45. The molecule has 1 aromatic heterocycles. The van der Waals surface area contributed by atoms with Gasteiger partial charge in [-0.05, 0) is 49.2 Å². The van der Waals surface area contributed by atoms with Crippen molar-refractivity contribution in [2.75, 3.05) is 11.9 Å². The molecule has 6 nitrogen and oxygen atoms in total. The van der Waals surface area contributed by atoms with Gasteiger partial charge < -0.3 is 15.2 Å². The number of imidazole rings is 1. The van der Waals surface area contributed by atoms with Crippen LogP contribution >= 0.6 is 0 Å². The molecule has 0 fully saturated rings. The third-order valence-electron chi connectivity index (χ3n) is 4.40. The molecule has 1 heterocycles. The van der Waals surface area contributed by atoms with Gasteiger partial charge in [-0.25, -0.2) is 4.98 Å². The standard InChI is InChI=1S/C21H22N4O2/c1-14-7-8-17(11-15(14)2)21(27)23-13-19(26)24-18-6-4-5-16(12-18)20-22-9-10-25(20)3/h4-12H,13H2,1-3H3,(H,23,27)(H,24,26). The highest BCUT2D eigenvalue weighted by atomic mass is 16.2. The quantitative estimate of drug-likeness (QED) is 0.732. The van der Waals surface area contributed by atoms with Gasteiger partial charge >= 0.3 is 0 Å². The fourth-order valence-electron chi connectivity index (χ4n) is 2.73. The van der Waals surface area contributed by atoms with Crippen molar-refractivity contribution in [2.24, 2.45) is 7.05 Å². The predicted octanol–water partition coefficient (Wildman–Crippen LogP) is 3.07. The summed E-state index contributed by atoms with van der Waals surface area (Å²) < 4.78 is 1.91. The summed E-state index contributed by atoms with van der Waals surface area (Å²) >= 11 is 0. The molecule has 2 aromatic carbocycles. The second kappa shape index (κ2) is 7.86. The van der Waals surface area contributed by atoms with Crippen molar-refractivity contribution in [2.45, 2.75) is 13.8 Å². The minimum absolute atomic E-state index is 0.0988. The normalized spacial score (nSPS) is 10.5. The van der Waals surface area contributed by atoms with E-state index in [1.54, 1.807) is 18.3 Å². The number of amides is 2. The molecule has 0 bridgehead atoms. The lowest BCUT2D eigenvalue weighted by molar-refractivity contribution is -0.115. The van der Waals surface area contributed by atoms with Gasteiger partial charge in [0, 0.05) is 36.3 Å². The number of hydrogen-bond acceptors (Lipinski definition) is 3. The third-order valence-corrected chi connectivity index (χ3v) is 4.40. The van der Waals surface area contributed by atoms with E-state index in [0.717, 1.165) is 22.5 Å². The number of carbonyl (C=O) groups excluding carboxylic acids is 2. The van der Waals surface area contributed by atoms with Gasteiger partial charge in [0.05, 0.1) is 6.54 Å². The van der Waals surface area contributed by atoms with Crippen LogP contribution in [0.5, 0.6) is 0 Å². The van der Waals surface area contributed by atoms with Crippen LogP contribution in [0.25, 0.3) is 11.4 Å². The fraction of sp³-hybridized carbons (Fsp3) is 0.190. The summed E-state index contributed by atoms with van der Waals surface area (Å²) in [6, 6.07) is 12.9. The van der Waals surface area contributed by atoms with E-state index in [2.05, 4.69) is 15.6 Å². The zero-order valence-corrected chi connectivity index (χ0v) is 15.6. The van der Waals surface area contributed by atoms with Gasteiger partial charge in [0.1, 0.15) is 5.82 Å². The minimum Gasteiger partial charge on any atom is -0.343 e. The molecule has 2 N–H and O–H groups in total. The molecule has 0 atom stereocenters. The largest absolute Gasteiger partial charge is 0.343 e. The van der Waals surface area contributed by atoms with Crippen LogP contribution in [0.15, 0.2) is 54.9 Å². The maximum Gasteiger partial charge on any atom is 0.251 e. The summed E-state index contributed by atoms with van der Waals surface area (Å²) in [5.41, 5.74) is 4.26. The third kappa shape index (κ3) is 4.41. The summed E-state index contributed by atoms with van der Waals surface area (Å²) in [6.45, 7) is 3.84. The van der Waals surface area contributed by atoms with Crippen molar-refractivity contribution in [3.63, 3.8) is 0 Å². The average molecular weight is 362 g/mol. The van der Waals surface area contributed by atoms with Crippen LogP contribution in [-0.2, 0) is 11.8 Å². The first-order valence-electron chi connectivity index (χ1n) is 8.67. The molecular formula is C21H22N4O2. The summed E-state index contributed by atoms with van der Waals surface area (Å²) in [5.74, 6) is 0.258. The number of nitrogens with one attached hydrogen (secondary N) is 2. The van der Waals surface area contributed by atoms with E-state index in [4.69, 9.17) is 0 Å². The molecule has 0 saturated carbocycles. The molecule has 6 heteroatoms. The van der Waals surface area contributed by atoms with Gasteiger partial charge in [0.15, 0.2) is 0 Å². The lowest BCUT2D eigenvalue weighted by Crippen LogP contribution is -2.32. The Labute approximate surface area is 158 Å². The van der Waals surface area contributed by atoms with Gasteiger partial charge in [-0.3, -0.25) is 9.59 Å². The molecule has 2 amide bonds. The van der Waals surface area contributed by atoms with Crippen LogP contribution in [0, 0.1) is 13.8 Å². The Kier molecular flexibility index (Phi) is 5.35. The summed E-state index contributed by atoms with van der Waals surface area (Å²) in [4.78, 5) is 28.7. The van der Waals surface area contributed by atoms with Crippen molar-refractivity contribution in [1.82, 2.24) is 14.9 Å². The van der Waals surface area contributed by atoms with E-state index in [1.807, 2.05) is 62.0 Å². The molecule has 3 aromatic rings. The molecule has 0 saturated heterocycles. The fourth-order valence-corrected chi connectivity index (χ4v) is 2.73. The predicted molar refractivity (Wildman–Crippen MR) is 106 cm³/mol. The van der Waals surface area contributed by atoms with E-state index in [0.29, 0.717) is 11.3 Å². The van der Waals surface area contributed by atoms with Crippen LogP contribution in [0.2, 0.25) is 0 Å². The zero-order chi connectivity index (χ0) is 19.4. The van der Waals surface area contributed by atoms with Crippen LogP contribution in [0.3, 0.4) is 0 Å². The molecule has 3 rings (SSSR count). The first-order chi connectivity index (χ1) is 12.9. The van der Waals surface area contributed by atoms with Crippen molar-refractivity contribution >= 4 is 17.5 Å². The van der Waals surface area contributed by atoms with Gasteiger partial charge in [-0.1, -0.05) is 18.2 Å². The Hall–Kier alpha value is -3.41. The Morgan fingerprint density at radius 1 is 1.07 bits per heavy atom. The molecule has 27 heavy (non-hydrogen) atoms. The number of benzene rings is 2. The Morgan fingerprint density at radius 2 is 1.89 bits per heavy atom. The average Bonchev–Trinajstić information content (AvgIpc) is 3.08. The van der Waals surface area contributed by atoms with E-state index in [9.17, 15) is 9.59 Å². The molecule has 0 unspecified atom stereocenters. The number of anilines is 1. The molecule has 0 aliphatic rings. The van der Waals surface area contributed by atoms with Crippen LogP contribution in [0.1, 0.15) is 21.5 Å². The SMILES string of the molecule is Cc1ccc(C(=O)NCC(=O)Nc2cccc(-c3nccn3C)c2)cc1C. The van der Waals surface area contributed by atoms with Gasteiger partial charge in [0.2, 0.25) is 5.91 Å². The maximum atomic E-state index is 12.2. The van der Waals surface area contributed by atoms with E-state index in [1.165, 1.54) is 0 Å². The second-order valence-corrected chi connectivity index (χ2v) is 6.47. The highest BCUT2D eigenvalue weighted by Crippen LogP contribution is 2.20. The second-order valence-electron chi connectivity index (χ2n) is 6.47. The number of aromatic nitrogens is 2. The van der Waals surface area contributed by atoms with Crippen LogP contribution in [0.4, 0.5) is 5.69 Å². The number of rotatable bonds is 5. The maximum absolute atomic E-state index is 12.2. The number of nitrogens with zero attached hydrogens (tertiary/aromatic N) is 2. The monoisotopic (exact) mass is 362 g/mol. The van der Waals surface area contributed by atoms with Gasteiger partial charge in [-0.2, -0.15) is 0 Å². The molecule has 0 spiro atoms. The topological polar surface area (TPSA) is 76.0 Å². The van der Waals surface area contributed by atoms with Crippen LogP contribution < -0.4 is 10.6 Å². The van der Waals surface area contributed by atoms with Crippen LogP contribution in [-0.4, -0.2) is 27.9 Å². The smallest absolute Gasteiger partial charge is 0.251 e. The van der Waals surface area contributed by atoms with Gasteiger partial charge in [-0.15, -0.1) is 0 Å². The molecule has 0 aliphatic carbocycles. The number of carbonyl (C=O) groups is 2.